The summed E-state index contributed by atoms with van der Waals surface area (Å²) < 4.78 is 5.13. The molecule has 0 radical (unpaired) electrons. The highest BCUT2D eigenvalue weighted by Gasteiger charge is 2.33. The standard InChI is InChI=1S/C26H29N3O5S2/c1-15(2)29(24(31)17-9-7-16(3)8-10-17)19-14-21(36-25(19)34-26(32)33)20-11-12-22(35-20)28-23(30)18-6-4-5-13-27-18/h4-6,11-17H,7-10H2,1-3H3,(H,28,30)(H,32,33). The number of aromatic nitrogens is 1. The Hall–Kier alpha value is -3.24. The molecule has 0 spiro atoms. The molecule has 4 rings (SSSR count). The third kappa shape index (κ3) is 5.93. The molecule has 1 saturated carbocycles. The third-order valence-corrected chi connectivity index (χ3v) is 8.42. The topological polar surface area (TPSA) is 109 Å². The van der Waals surface area contributed by atoms with Gasteiger partial charge in [0.05, 0.1) is 15.6 Å². The van der Waals surface area contributed by atoms with Crippen LogP contribution < -0.4 is 15.0 Å². The Balaban J connectivity index is 1.61. The molecule has 0 atom stereocenters. The lowest BCUT2D eigenvalue weighted by Crippen LogP contribution is -2.42. The second-order valence-electron chi connectivity index (χ2n) is 9.24. The van der Waals surface area contributed by atoms with Crippen molar-refractivity contribution in [1.82, 2.24) is 4.98 Å². The highest BCUT2D eigenvalue weighted by Crippen LogP contribution is 2.47. The van der Waals surface area contributed by atoms with Gasteiger partial charge in [0, 0.05) is 23.0 Å². The zero-order valence-corrected chi connectivity index (χ0v) is 22.0. The summed E-state index contributed by atoms with van der Waals surface area (Å²) in [4.78, 5) is 44.8. The first-order chi connectivity index (χ1) is 17.2. The molecule has 3 aromatic heterocycles. The number of carboxylic acid groups (broad SMARTS) is 1. The lowest BCUT2D eigenvalue weighted by molar-refractivity contribution is -0.123. The molecule has 2 N–H and O–H groups in total. The third-order valence-electron chi connectivity index (χ3n) is 6.22. The van der Waals surface area contributed by atoms with Gasteiger partial charge >= 0.3 is 6.16 Å². The van der Waals surface area contributed by atoms with Crippen LogP contribution >= 0.6 is 22.7 Å². The maximum atomic E-state index is 13.6. The molecule has 2 amide bonds. The summed E-state index contributed by atoms with van der Waals surface area (Å²) in [5.41, 5.74) is 0.773. The van der Waals surface area contributed by atoms with Crippen molar-refractivity contribution in [2.75, 3.05) is 10.2 Å². The Morgan fingerprint density at radius 3 is 2.47 bits per heavy atom. The van der Waals surface area contributed by atoms with Gasteiger partial charge in [-0.25, -0.2) is 4.79 Å². The number of ether oxygens (including phenoxy) is 1. The molecule has 0 bridgehead atoms. The Bertz CT molecular complexity index is 1230. The van der Waals surface area contributed by atoms with Gasteiger partial charge in [0.1, 0.15) is 5.69 Å². The van der Waals surface area contributed by atoms with Crippen molar-refractivity contribution >= 4 is 51.3 Å². The van der Waals surface area contributed by atoms with Crippen molar-refractivity contribution in [1.29, 1.82) is 0 Å². The minimum atomic E-state index is -1.43. The molecular formula is C26H29N3O5S2. The van der Waals surface area contributed by atoms with E-state index in [1.54, 1.807) is 35.4 Å². The van der Waals surface area contributed by atoms with Gasteiger partial charge in [-0.15, -0.1) is 11.3 Å². The molecule has 1 fully saturated rings. The van der Waals surface area contributed by atoms with Gasteiger partial charge in [-0.2, -0.15) is 0 Å². The molecule has 3 heterocycles. The molecule has 1 aliphatic carbocycles. The number of carbonyl (C=O) groups excluding carboxylic acids is 2. The molecule has 0 unspecified atom stereocenters. The van der Waals surface area contributed by atoms with Crippen molar-refractivity contribution in [3.63, 3.8) is 0 Å². The van der Waals surface area contributed by atoms with Gasteiger partial charge in [-0.3, -0.25) is 14.6 Å². The second kappa shape index (κ2) is 11.2. The van der Waals surface area contributed by atoms with E-state index in [1.165, 1.54) is 22.7 Å². The van der Waals surface area contributed by atoms with Crippen molar-refractivity contribution in [2.24, 2.45) is 11.8 Å². The number of nitrogens with one attached hydrogen (secondary N) is 1. The van der Waals surface area contributed by atoms with E-state index in [0.29, 0.717) is 22.3 Å². The smallest absolute Gasteiger partial charge is 0.449 e. The zero-order chi connectivity index (χ0) is 25.8. The lowest BCUT2D eigenvalue weighted by Gasteiger charge is -2.33. The van der Waals surface area contributed by atoms with Crippen molar-refractivity contribution in [3.8, 4) is 14.8 Å². The molecule has 10 heteroatoms. The van der Waals surface area contributed by atoms with E-state index in [4.69, 9.17) is 4.74 Å². The van der Waals surface area contributed by atoms with Crippen LogP contribution in [0.1, 0.15) is 56.9 Å². The van der Waals surface area contributed by atoms with Crippen LogP contribution in [0.3, 0.4) is 0 Å². The Morgan fingerprint density at radius 1 is 1.08 bits per heavy atom. The molecule has 0 aliphatic heterocycles. The average Bonchev–Trinajstić information content (AvgIpc) is 3.47. The van der Waals surface area contributed by atoms with E-state index in [-0.39, 0.29) is 28.8 Å². The average molecular weight is 528 g/mol. The maximum Gasteiger partial charge on any atom is 0.512 e. The van der Waals surface area contributed by atoms with Gasteiger partial charge < -0.3 is 20.1 Å². The predicted molar refractivity (Wildman–Crippen MR) is 142 cm³/mol. The molecule has 3 aromatic rings. The van der Waals surface area contributed by atoms with Crippen molar-refractivity contribution < 1.29 is 24.2 Å². The quantitative estimate of drug-likeness (QED) is 0.329. The van der Waals surface area contributed by atoms with Crippen LogP contribution in [0.15, 0.2) is 42.6 Å². The minimum Gasteiger partial charge on any atom is -0.449 e. The summed E-state index contributed by atoms with van der Waals surface area (Å²) in [5.74, 6) is 0.223. The summed E-state index contributed by atoms with van der Waals surface area (Å²) >= 11 is 2.52. The van der Waals surface area contributed by atoms with Crippen LogP contribution in [0.25, 0.3) is 9.75 Å². The highest BCUT2D eigenvalue weighted by molar-refractivity contribution is 7.25. The molecule has 0 aromatic carbocycles. The number of rotatable bonds is 7. The summed E-state index contributed by atoms with van der Waals surface area (Å²) in [6.07, 6.45) is 3.82. The van der Waals surface area contributed by atoms with E-state index < -0.39 is 6.16 Å². The number of thiophene rings is 2. The minimum absolute atomic E-state index is 0.00554. The summed E-state index contributed by atoms with van der Waals surface area (Å²) in [6, 6.07) is 10.4. The van der Waals surface area contributed by atoms with E-state index in [9.17, 15) is 19.5 Å². The van der Waals surface area contributed by atoms with E-state index in [1.807, 2.05) is 26.0 Å². The number of carbonyl (C=O) groups is 3. The monoisotopic (exact) mass is 527 g/mol. The van der Waals surface area contributed by atoms with Gasteiger partial charge in [0.25, 0.3) is 5.91 Å². The highest BCUT2D eigenvalue weighted by atomic mass is 32.1. The lowest BCUT2D eigenvalue weighted by atomic mass is 9.82. The number of hydrogen-bond acceptors (Lipinski definition) is 7. The van der Waals surface area contributed by atoms with Gasteiger partial charge in [-0.1, -0.05) is 24.3 Å². The van der Waals surface area contributed by atoms with Gasteiger partial charge in [0.15, 0.2) is 0 Å². The summed E-state index contributed by atoms with van der Waals surface area (Å²) in [6.45, 7) is 6.04. The molecule has 0 saturated heterocycles. The molecule has 1 aliphatic rings. The number of amides is 2. The largest absolute Gasteiger partial charge is 0.512 e. The van der Waals surface area contributed by atoms with Crippen LogP contribution in [0.4, 0.5) is 15.5 Å². The van der Waals surface area contributed by atoms with Crippen LogP contribution in [-0.4, -0.2) is 34.1 Å². The second-order valence-corrected chi connectivity index (χ2v) is 11.3. The molecule has 190 valence electrons. The summed E-state index contributed by atoms with van der Waals surface area (Å²) in [7, 11) is 0. The van der Waals surface area contributed by atoms with Gasteiger partial charge in [-0.05, 0) is 75.8 Å². The fourth-order valence-electron chi connectivity index (χ4n) is 4.37. The fraction of sp³-hybridized carbons (Fsp3) is 0.385. The predicted octanol–water partition coefficient (Wildman–Crippen LogP) is 6.75. The zero-order valence-electron chi connectivity index (χ0n) is 20.4. The van der Waals surface area contributed by atoms with Crippen molar-refractivity contribution in [2.45, 2.75) is 52.5 Å². The number of anilines is 2. The fourth-order valence-corrected chi connectivity index (χ4v) is 6.35. The SMILES string of the molecule is CC1CCC(C(=O)N(c2cc(-c3ccc(NC(=O)c4ccccn4)s3)sc2OC(=O)O)C(C)C)CC1. The molecule has 8 nitrogen and oxygen atoms in total. The first-order valence-corrected chi connectivity index (χ1v) is 13.6. The number of hydrogen-bond donors (Lipinski definition) is 2. The van der Waals surface area contributed by atoms with E-state index in [0.717, 1.165) is 35.4 Å². The number of pyridine rings is 1. The number of nitrogens with zero attached hydrogens (tertiary/aromatic N) is 2. The molecular weight excluding hydrogens is 498 g/mol. The molecule has 36 heavy (non-hydrogen) atoms. The normalized spacial score (nSPS) is 17.6. The first kappa shape index (κ1) is 25.8. The van der Waals surface area contributed by atoms with Crippen molar-refractivity contribution in [3.05, 3.63) is 48.3 Å². The van der Waals surface area contributed by atoms with Gasteiger partial charge in [0.2, 0.25) is 11.0 Å². The van der Waals surface area contributed by atoms with Crippen LogP contribution in [0.5, 0.6) is 5.06 Å². The van der Waals surface area contributed by atoms with Crippen LogP contribution in [0, 0.1) is 11.8 Å². The van der Waals surface area contributed by atoms with E-state index in [2.05, 4.69) is 17.2 Å². The maximum absolute atomic E-state index is 13.6. The Kier molecular flexibility index (Phi) is 8.05. The Morgan fingerprint density at radius 2 is 1.83 bits per heavy atom. The van der Waals surface area contributed by atoms with Crippen LogP contribution in [0.2, 0.25) is 0 Å². The van der Waals surface area contributed by atoms with Crippen LogP contribution in [-0.2, 0) is 4.79 Å². The van der Waals surface area contributed by atoms with E-state index >= 15 is 0 Å². The first-order valence-electron chi connectivity index (χ1n) is 11.9. The summed E-state index contributed by atoms with van der Waals surface area (Å²) in [5, 5.41) is 13.0. The Labute approximate surface area is 217 Å².